The van der Waals surface area contributed by atoms with E-state index in [1.807, 2.05) is 22.4 Å². The molecule has 1 aromatic rings. The van der Waals surface area contributed by atoms with Crippen molar-refractivity contribution < 1.29 is 14.7 Å². The molecule has 1 saturated heterocycles. The van der Waals surface area contributed by atoms with E-state index in [2.05, 4.69) is 0 Å². The summed E-state index contributed by atoms with van der Waals surface area (Å²) in [4.78, 5) is 28.8. The van der Waals surface area contributed by atoms with Crippen LogP contribution in [0, 0.1) is 0 Å². The summed E-state index contributed by atoms with van der Waals surface area (Å²) in [6.07, 6.45) is 4.41. The zero-order chi connectivity index (χ0) is 14.8. The molecule has 1 aliphatic carbocycles. The van der Waals surface area contributed by atoms with Gasteiger partial charge >= 0.3 is 12.0 Å². The quantitative estimate of drug-likeness (QED) is 0.930. The van der Waals surface area contributed by atoms with Gasteiger partial charge in [-0.05, 0) is 43.6 Å². The first-order chi connectivity index (χ1) is 10.2. The van der Waals surface area contributed by atoms with E-state index in [0.29, 0.717) is 19.5 Å². The van der Waals surface area contributed by atoms with Gasteiger partial charge in [0.1, 0.15) is 6.04 Å². The predicted octanol–water partition coefficient (Wildman–Crippen LogP) is 2.77. The van der Waals surface area contributed by atoms with Gasteiger partial charge in [-0.2, -0.15) is 0 Å². The third kappa shape index (κ3) is 3.20. The van der Waals surface area contributed by atoms with Gasteiger partial charge in [0, 0.05) is 17.5 Å². The van der Waals surface area contributed by atoms with Crippen molar-refractivity contribution in [1.29, 1.82) is 0 Å². The Morgan fingerprint density at radius 2 is 2.14 bits per heavy atom. The second-order valence-electron chi connectivity index (χ2n) is 5.76. The smallest absolute Gasteiger partial charge is 0.326 e. The number of rotatable bonds is 4. The van der Waals surface area contributed by atoms with Crippen molar-refractivity contribution in [3.05, 3.63) is 22.4 Å². The van der Waals surface area contributed by atoms with E-state index in [1.165, 1.54) is 0 Å². The predicted molar refractivity (Wildman–Crippen MR) is 80.3 cm³/mol. The lowest BCUT2D eigenvalue weighted by Gasteiger charge is -2.37. The van der Waals surface area contributed by atoms with Crippen molar-refractivity contribution in [2.45, 2.75) is 50.7 Å². The van der Waals surface area contributed by atoms with E-state index >= 15 is 0 Å². The van der Waals surface area contributed by atoms with Crippen LogP contribution in [-0.4, -0.2) is 45.5 Å². The van der Waals surface area contributed by atoms with Crippen LogP contribution in [0.5, 0.6) is 0 Å². The van der Waals surface area contributed by atoms with Gasteiger partial charge in [0.25, 0.3) is 0 Å². The first-order valence-electron chi connectivity index (χ1n) is 7.49. The highest BCUT2D eigenvalue weighted by atomic mass is 32.1. The van der Waals surface area contributed by atoms with Crippen LogP contribution in [0.25, 0.3) is 0 Å². The Hall–Kier alpha value is -1.56. The maximum atomic E-state index is 12.8. The number of piperidine rings is 1. The Morgan fingerprint density at radius 3 is 2.76 bits per heavy atom. The van der Waals surface area contributed by atoms with Gasteiger partial charge in [0.15, 0.2) is 0 Å². The third-order valence-corrected chi connectivity index (χ3v) is 5.03. The molecule has 3 rings (SSSR count). The molecule has 114 valence electrons. The Morgan fingerprint density at radius 1 is 1.33 bits per heavy atom. The number of amides is 2. The summed E-state index contributed by atoms with van der Waals surface area (Å²) in [5, 5.41) is 11.3. The number of carboxylic acids is 1. The third-order valence-electron chi connectivity index (χ3n) is 4.17. The molecular weight excluding hydrogens is 288 g/mol. The lowest BCUT2D eigenvalue weighted by atomic mass is 10.0. The average molecular weight is 308 g/mol. The number of carboxylic acid groups (broad SMARTS) is 1. The summed E-state index contributed by atoms with van der Waals surface area (Å²) < 4.78 is 0. The van der Waals surface area contributed by atoms with Crippen LogP contribution < -0.4 is 0 Å². The van der Waals surface area contributed by atoms with Crippen molar-refractivity contribution in [1.82, 2.24) is 9.80 Å². The molecule has 2 heterocycles. The lowest BCUT2D eigenvalue weighted by Crippen LogP contribution is -2.53. The van der Waals surface area contributed by atoms with Gasteiger partial charge in [-0.25, -0.2) is 9.59 Å². The molecule has 0 bridgehead atoms. The molecule has 1 saturated carbocycles. The molecule has 2 fully saturated rings. The average Bonchev–Trinajstić information content (AvgIpc) is 3.20. The lowest BCUT2D eigenvalue weighted by molar-refractivity contribution is -0.143. The minimum atomic E-state index is -0.880. The summed E-state index contributed by atoms with van der Waals surface area (Å²) in [7, 11) is 0. The van der Waals surface area contributed by atoms with Gasteiger partial charge in [0.05, 0.1) is 6.54 Å². The fourth-order valence-corrected chi connectivity index (χ4v) is 3.59. The molecule has 5 nitrogen and oxygen atoms in total. The second kappa shape index (κ2) is 6.05. The number of hydrogen-bond acceptors (Lipinski definition) is 3. The van der Waals surface area contributed by atoms with Crippen molar-refractivity contribution in [3.8, 4) is 0 Å². The van der Waals surface area contributed by atoms with E-state index in [4.69, 9.17) is 0 Å². The molecule has 0 spiro atoms. The van der Waals surface area contributed by atoms with Gasteiger partial charge in [-0.1, -0.05) is 6.07 Å². The van der Waals surface area contributed by atoms with E-state index in [1.54, 1.807) is 16.2 Å². The van der Waals surface area contributed by atoms with Crippen LogP contribution in [0.4, 0.5) is 4.79 Å². The van der Waals surface area contributed by atoms with Gasteiger partial charge in [0.2, 0.25) is 0 Å². The van der Waals surface area contributed by atoms with E-state index in [0.717, 1.165) is 30.6 Å². The van der Waals surface area contributed by atoms with Crippen LogP contribution in [-0.2, 0) is 11.3 Å². The standard InChI is InChI=1S/C15H20N2O3S/c18-14(19)13-5-1-2-8-16(13)15(20)17(11-6-7-11)10-12-4-3-9-21-12/h3-4,9,11,13H,1-2,5-8,10H2,(H,18,19). The fourth-order valence-electron chi connectivity index (χ4n) is 2.89. The first-order valence-corrected chi connectivity index (χ1v) is 8.37. The SMILES string of the molecule is O=C(O)C1CCCCN1C(=O)N(Cc1cccs1)C1CC1. The Balaban J connectivity index is 1.75. The Labute approximate surface area is 128 Å². The summed E-state index contributed by atoms with van der Waals surface area (Å²) in [5.74, 6) is -0.880. The maximum absolute atomic E-state index is 12.8. The van der Waals surface area contributed by atoms with E-state index in [9.17, 15) is 14.7 Å². The molecular formula is C15H20N2O3S. The van der Waals surface area contributed by atoms with Crippen LogP contribution in [0.1, 0.15) is 37.0 Å². The number of carbonyl (C=O) groups is 2. The number of likely N-dealkylation sites (tertiary alicyclic amines) is 1. The summed E-state index contributed by atoms with van der Waals surface area (Å²) in [6, 6.07) is 3.54. The highest BCUT2D eigenvalue weighted by molar-refractivity contribution is 7.09. The van der Waals surface area contributed by atoms with Crippen LogP contribution in [0.15, 0.2) is 17.5 Å². The van der Waals surface area contributed by atoms with Crippen LogP contribution in [0.2, 0.25) is 0 Å². The second-order valence-corrected chi connectivity index (χ2v) is 6.80. The normalized spacial score (nSPS) is 22.1. The highest BCUT2D eigenvalue weighted by Gasteiger charge is 2.39. The molecule has 1 N–H and O–H groups in total. The summed E-state index contributed by atoms with van der Waals surface area (Å²) in [5.41, 5.74) is 0. The summed E-state index contributed by atoms with van der Waals surface area (Å²) in [6.45, 7) is 1.16. The number of nitrogens with zero attached hydrogens (tertiary/aromatic N) is 2. The minimum Gasteiger partial charge on any atom is -0.480 e. The first kappa shape index (κ1) is 14.4. The van der Waals surface area contributed by atoms with Gasteiger partial charge < -0.3 is 14.9 Å². The number of aliphatic carboxylic acids is 1. The van der Waals surface area contributed by atoms with E-state index in [-0.39, 0.29) is 12.1 Å². The Kier molecular flexibility index (Phi) is 4.14. The molecule has 2 amide bonds. The zero-order valence-electron chi connectivity index (χ0n) is 11.9. The van der Waals surface area contributed by atoms with Gasteiger partial charge in [-0.15, -0.1) is 11.3 Å². The molecule has 6 heteroatoms. The Bertz CT molecular complexity index is 513. The maximum Gasteiger partial charge on any atom is 0.326 e. The molecule has 1 aliphatic heterocycles. The molecule has 0 radical (unpaired) electrons. The largest absolute Gasteiger partial charge is 0.480 e. The van der Waals surface area contributed by atoms with Gasteiger partial charge in [-0.3, -0.25) is 0 Å². The number of carbonyl (C=O) groups excluding carboxylic acids is 1. The van der Waals surface area contributed by atoms with Crippen molar-refractivity contribution >= 4 is 23.3 Å². The molecule has 1 aromatic heterocycles. The van der Waals surface area contributed by atoms with Crippen molar-refractivity contribution in [3.63, 3.8) is 0 Å². The highest BCUT2D eigenvalue weighted by Crippen LogP contribution is 2.31. The molecule has 21 heavy (non-hydrogen) atoms. The van der Waals surface area contributed by atoms with Crippen LogP contribution >= 0.6 is 11.3 Å². The topological polar surface area (TPSA) is 60.9 Å². The monoisotopic (exact) mass is 308 g/mol. The van der Waals surface area contributed by atoms with Crippen LogP contribution in [0.3, 0.4) is 0 Å². The number of thiophene rings is 1. The number of hydrogen-bond donors (Lipinski definition) is 1. The molecule has 2 aliphatic rings. The molecule has 1 unspecified atom stereocenters. The fraction of sp³-hybridized carbons (Fsp3) is 0.600. The number of urea groups is 1. The summed E-state index contributed by atoms with van der Waals surface area (Å²) >= 11 is 1.64. The van der Waals surface area contributed by atoms with Crippen molar-refractivity contribution in [2.75, 3.05) is 6.54 Å². The zero-order valence-corrected chi connectivity index (χ0v) is 12.7. The molecule has 1 atom stereocenters. The molecule has 0 aromatic carbocycles. The minimum absolute atomic E-state index is 0.0991. The van der Waals surface area contributed by atoms with Crippen molar-refractivity contribution in [2.24, 2.45) is 0 Å². The van der Waals surface area contributed by atoms with E-state index < -0.39 is 12.0 Å².